The van der Waals surface area contributed by atoms with Crippen LogP contribution in [-0.2, 0) is 4.79 Å². The number of anilines is 1. The molecule has 0 saturated carbocycles. The van der Waals surface area contributed by atoms with Gasteiger partial charge >= 0.3 is 0 Å². The lowest BCUT2D eigenvalue weighted by Crippen LogP contribution is -2.33. The first kappa shape index (κ1) is 14.1. The third-order valence-corrected chi connectivity index (χ3v) is 2.77. The standard InChI is InChI=1S/C13H18N6O/c1-13(2,14)8-7-12(20)16-10-5-3-4-6-11(10)19-9-15-17-18-19/h3-6,9H,7-8,14H2,1-2H3,(H,16,20). The van der Waals surface area contributed by atoms with Gasteiger partial charge in [0.25, 0.3) is 0 Å². The van der Waals surface area contributed by atoms with Crippen molar-refractivity contribution in [3.8, 4) is 5.69 Å². The number of carbonyl (C=O) groups excluding carboxylic acids is 1. The van der Waals surface area contributed by atoms with Crippen molar-refractivity contribution in [1.82, 2.24) is 20.2 Å². The fourth-order valence-corrected chi connectivity index (χ4v) is 1.70. The maximum atomic E-state index is 12.0. The third-order valence-electron chi connectivity index (χ3n) is 2.77. The molecular weight excluding hydrogens is 256 g/mol. The van der Waals surface area contributed by atoms with E-state index in [4.69, 9.17) is 5.73 Å². The summed E-state index contributed by atoms with van der Waals surface area (Å²) in [6.45, 7) is 3.80. The Morgan fingerprint density at radius 2 is 2.15 bits per heavy atom. The molecule has 3 N–H and O–H groups in total. The van der Waals surface area contributed by atoms with Crippen molar-refractivity contribution in [2.45, 2.75) is 32.2 Å². The lowest BCUT2D eigenvalue weighted by Gasteiger charge is -2.18. The molecule has 7 heteroatoms. The van der Waals surface area contributed by atoms with E-state index in [2.05, 4.69) is 20.8 Å². The van der Waals surface area contributed by atoms with Gasteiger partial charge in [-0.1, -0.05) is 12.1 Å². The second-order valence-corrected chi connectivity index (χ2v) is 5.31. The van der Waals surface area contributed by atoms with Gasteiger partial charge in [0.15, 0.2) is 0 Å². The Balaban J connectivity index is 2.08. The molecule has 1 amide bonds. The second kappa shape index (κ2) is 5.79. The van der Waals surface area contributed by atoms with E-state index in [1.54, 1.807) is 0 Å². The highest BCUT2D eigenvalue weighted by Gasteiger charge is 2.14. The number of hydrogen-bond donors (Lipinski definition) is 2. The zero-order chi connectivity index (χ0) is 14.6. The number of nitrogens with one attached hydrogen (secondary N) is 1. The average molecular weight is 274 g/mol. The van der Waals surface area contributed by atoms with Gasteiger partial charge in [-0.3, -0.25) is 4.79 Å². The number of amides is 1. The molecule has 0 bridgehead atoms. The minimum Gasteiger partial charge on any atom is -0.326 e. The minimum atomic E-state index is -0.354. The Labute approximate surface area is 117 Å². The molecule has 0 fully saturated rings. The van der Waals surface area contributed by atoms with E-state index in [9.17, 15) is 4.79 Å². The van der Waals surface area contributed by atoms with Crippen LogP contribution < -0.4 is 11.1 Å². The van der Waals surface area contributed by atoms with E-state index in [-0.39, 0.29) is 11.4 Å². The first-order chi connectivity index (χ1) is 9.46. The number of aromatic nitrogens is 4. The highest BCUT2D eigenvalue weighted by molar-refractivity contribution is 5.92. The molecule has 0 atom stereocenters. The molecule has 7 nitrogen and oxygen atoms in total. The van der Waals surface area contributed by atoms with Gasteiger partial charge in [0.05, 0.1) is 11.4 Å². The number of carbonyl (C=O) groups is 1. The molecule has 1 aromatic carbocycles. The largest absolute Gasteiger partial charge is 0.326 e. The van der Waals surface area contributed by atoms with Crippen molar-refractivity contribution in [2.75, 3.05) is 5.32 Å². The number of tetrazole rings is 1. The summed E-state index contributed by atoms with van der Waals surface area (Å²) in [6, 6.07) is 7.34. The molecule has 2 aromatic rings. The van der Waals surface area contributed by atoms with Crippen LogP contribution in [0.15, 0.2) is 30.6 Å². The Hall–Kier alpha value is -2.28. The highest BCUT2D eigenvalue weighted by atomic mass is 16.1. The Kier molecular flexibility index (Phi) is 4.09. The predicted octanol–water partition coefficient (Wildman–Crippen LogP) is 1.12. The molecule has 20 heavy (non-hydrogen) atoms. The average Bonchev–Trinajstić information content (AvgIpc) is 2.90. The number of nitrogens with two attached hydrogens (primary N) is 1. The van der Waals surface area contributed by atoms with Crippen molar-refractivity contribution in [3.63, 3.8) is 0 Å². The minimum absolute atomic E-state index is 0.0796. The monoisotopic (exact) mass is 274 g/mol. The SMILES string of the molecule is CC(C)(N)CCC(=O)Nc1ccccc1-n1cnnn1. The molecule has 0 unspecified atom stereocenters. The fraction of sp³-hybridized carbons (Fsp3) is 0.385. The number of hydrogen-bond acceptors (Lipinski definition) is 5. The maximum absolute atomic E-state index is 12.0. The zero-order valence-corrected chi connectivity index (χ0v) is 11.6. The first-order valence-corrected chi connectivity index (χ1v) is 6.37. The molecule has 0 aliphatic heterocycles. The van der Waals surface area contributed by atoms with Crippen molar-refractivity contribution >= 4 is 11.6 Å². The summed E-state index contributed by atoms with van der Waals surface area (Å²) in [5.74, 6) is -0.0796. The Morgan fingerprint density at radius 1 is 1.40 bits per heavy atom. The summed E-state index contributed by atoms with van der Waals surface area (Å²) in [7, 11) is 0. The third kappa shape index (κ3) is 3.86. The smallest absolute Gasteiger partial charge is 0.224 e. The predicted molar refractivity (Wildman–Crippen MR) is 75.3 cm³/mol. The van der Waals surface area contributed by atoms with E-state index in [1.807, 2.05) is 38.1 Å². The summed E-state index contributed by atoms with van der Waals surface area (Å²) in [6.07, 6.45) is 2.47. The molecule has 0 saturated heterocycles. The van der Waals surface area contributed by atoms with Crippen LogP contribution in [-0.4, -0.2) is 31.7 Å². The first-order valence-electron chi connectivity index (χ1n) is 6.37. The maximum Gasteiger partial charge on any atom is 0.224 e. The molecule has 0 spiro atoms. The number of nitrogens with zero attached hydrogens (tertiary/aromatic N) is 4. The molecule has 1 aromatic heterocycles. The van der Waals surface area contributed by atoms with Gasteiger partial charge in [-0.25, -0.2) is 0 Å². The fourth-order valence-electron chi connectivity index (χ4n) is 1.70. The highest BCUT2D eigenvalue weighted by Crippen LogP contribution is 2.19. The van der Waals surface area contributed by atoms with Crippen LogP contribution in [0.5, 0.6) is 0 Å². The molecular formula is C13H18N6O. The summed E-state index contributed by atoms with van der Waals surface area (Å²) >= 11 is 0. The molecule has 106 valence electrons. The summed E-state index contributed by atoms with van der Waals surface area (Å²) < 4.78 is 1.50. The van der Waals surface area contributed by atoms with Gasteiger partial charge in [0.2, 0.25) is 5.91 Å². The number of rotatable bonds is 5. The number of para-hydroxylation sites is 2. The van der Waals surface area contributed by atoms with Crippen LogP contribution in [0.3, 0.4) is 0 Å². The van der Waals surface area contributed by atoms with Crippen LogP contribution >= 0.6 is 0 Å². The van der Waals surface area contributed by atoms with Crippen molar-refractivity contribution in [2.24, 2.45) is 5.73 Å². The van der Waals surface area contributed by atoms with Gasteiger partial charge in [0.1, 0.15) is 6.33 Å². The van der Waals surface area contributed by atoms with Gasteiger partial charge in [-0.05, 0) is 42.8 Å². The number of benzene rings is 1. The normalized spacial score (nSPS) is 11.3. The summed E-state index contributed by atoms with van der Waals surface area (Å²) in [4.78, 5) is 12.0. The van der Waals surface area contributed by atoms with Gasteiger partial charge in [-0.15, -0.1) is 5.10 Å². The van der Waals surface area contributed by atoms with Gasteiger partial charge < -0.3 is 11.1 Å². The molecule has 0 radical (unpaired) electrons. The quantitative estimate of drug-likeness (QED) is 0.851. The topological polar surface area (TPSA) is 98.7 Å². The van der Waals surface area contributed by atoms with Crippen LogP contribution in [0.2, 0.25) is 0 Å². The van der Waals surface area contributed by atoms with E-state index >= 15 is 0 Å². The van der Waals surface area contributed by atoms with Gasteiger partial charge in [-0.2, -0.15) is 4.68 Å². The van der Waals surface area contributed by atoms with Crippen LogP contribution in [0.1, 0.15) is 26.7 Å². The Bertz CT molecular complexity index is 573. The van der Waals surface area contributed by atoms with Crippen molar-refractivity contribution in [3.05, 3.63) is 30.6 Å². The van der Waals surface area contributed by atoms with Gasteiger partial charge in [0, 0.05) is 12.0 Å². The van der Waals surface area contributed by atoms with Crippen LogP contribution in [0, 0.1) is 0 Å². The van der Waals surface area contributed by atoms with E-state index in [0.29, 0.717) is 18.5 Å². The van der Waals surface area contributed by atoms with Crippen molar-refractivity contribution < 1.29 is 4.79 Å². The second-order valence-electron chi connectivity index (χ2n) is 5.31. The van der Waals surface area contributed by atoms with E-state index in [1.165, 1.54) is 11.0 Å². The van der Waals surface area contributed by atoms with Crippen LogP contribution in [0.25, 0.3) is 5.69 Å². The Morgan fingerprint density at radius 3 is 2.80 bits per heavy atom. The lowest BCUT2D eigenvalue weighted by atomic mass is 10.00. The molecule has 0 aliphatic carbocycles. The summed E-state index contributed by atoms with van der Waals surface area (Å²) in [5.41, 5.74) is 6.91. The summed E-state index contributed by atoms with van der Waals surface area (Å²) in [5, 5.41) is 13.9. The zero-order valence-electron chi connectivity index (χ0n) is 11.6. The molecule has 2 rings (SSSR count). The van der Waals surface area contributed by atoms with Crippen molar-refractivity contribution in [1.29, 1.82) is 0 Å². The van der Waals surface area contributed by atoms with E-state index < -0.39 is 0 Å². The van der Waals surface area contributed by atoms with Crippen LogP contribution in [0.4, 0.5) is 5.69 Å². The molecule has 0 aliphatic rings. The molecule has 1 heterocycles. The lowest BCUT2D eigenvalue weighted by molar-refractivity contribution is -0.116. The van der Waals surface area contributed by atoms with E-state index in [0.717, 1.165) is 5.69 Å².